The number of aromatic carboxylic acids is 1. The average molecular weight is 263 g/mol. The minimum atomic E-state index is -0.933. The lowest BCUT2D eigenvalue weighted by Crippen LogP contribution is -2.35. The summed E-state index contributed by atoms with van der Waals surface area (Å²) in [6.45, 7) is 3.29. The SMILES string of the molecule is CN1CCC(CN(C)c2ccc(C(=O)O)cn2)CC1. The Morgan fingerprint density at radius 3 is 2.68 bits per heavy atom. The summed E-state index contributed by atoms with van der Waals surface area (Å²) in [5.41, 5.74) is 0.233. The Balaban J connectivity index is 1.92. The Hall–Kier alpha value is -1.62. The molecule has 1 aliphatic rings. The van der Waals surface area contributed by atoms with Gasteiger partial charge in [-0.2, -0.15) is 0 Å². The molecule has 1 N–H and O–H groups in total. The van der Waals surface area contributed by atoms with Crippen molar-refractivity contribution in [2.45, 2.75) is 12.8 Å². The number of hydrogen-bond acceptors (Lipinski definition) is 4. The van der Waals surface area contributed by atoms with Crippen molar-refractivity contribution in [3.63, 3.8) is 0 Å². The molecule has 1 aliphatic heterocycles. The normalized spacial score (nSPS) is 17.4. The number of carbonyl (C=O) groups is 1. The van der Waals surface area contributed by atoms with Crippen LogP contribution in [0.3, 0.4) is 0 Å². The molecule has 0 spiro atoms. The van der Waals surface area contributed by atoms with Gasteiger partial charge in [-0.25, -0.2) is 9.78 Å². The topological polar surface area (TPSA) is 56.7 Å². The maximum absolute atomic E-state index is 10.8. The number of pyridine rings is 1. The van der Waals surface area contributed by atoms with E-state index in [9.17, 15) is 4.79 Å². The Kier molecular flexibility index (Phi) is 4.37. The summed E-state index contributed by atoms with van der Waals surface area (Å²) in [5, 5.41) is 8.84. The van der Waals surface area contributed by atoms with Crippen LogP contribution in [0.4, 0.5) is 5.82 Å². The molecule has 0 amide bonds. The van der Waals surface area contributed by atoms with Gasteiger partial charge in [0, 0.05) is 19.8 Å². The highest BCUT2D eigenvalue weighted by Crippen LogP contribution is 2.19. The van der Waals surface area contributed by atoms with Crippen LogP contribution in [0, 0.1) is 5.92 Å². The van der Waals surface area contributed by atoms with Gasteiger partial charge in [0.1, 0.15) is 5.82 Å². The molecule has 0 aromatic carbocycles. The maximum Gasteiger partial charge on any atom is 0.337 e. The zero-order valence-electron chi connectivity index (χ0n) is 11.5. The van der Waals surface area contributed by atoms with Crippen LogP contribution in [0.2, 0.25) is 0 Å². The van der Waals surface area contributed by atoms with Gasteiger partial charge >= 0.3 is 5.97 Å². The lowest BCUT2D eigenvalue weighted by molar-refractivity contribution is 0.0696. The molecule has 1 saturated heterocycles. The van der Waals surface area contributed by atoms with Gasteiger partial charge in [-0.1, -0.05) is 0 Å². The van der Waals surface area contributed by atoms with Crippen LogP contribution < -0.4 is 4.90 Å². The Morgan fingerprint density at radius 2 is 2.16 bits per heavy atom. The zero-order valence-corrected chi connectivity index (χ0v) is 11.5. The number of carboxylic acid groups (broad SMARTS) is 1. The first-order chi connectivity index (χ1) is 9.06. The van der Waals surface area contributed by atoms with Crippen molar-refractivity contribution >= 4 is 11.8 Å². The molecule has 0 unspecified atom stereocenters. The van der Waals surface area contributed by atoms with E-state index in [-0.39, 0.29) is 5.56 Å². The summed E-state index contributed by atoms with van der Waals surface area (Å²) in [6, 6.07) is 3.38. The molecule has 2 rings (SSSR count). The molecule has 0 aliphatic carbocycles. The predicted molar refractivity (Wildman–Crippen MR) is 74.7 cm³/mol. The van der Waals surface area contributed by atoms with E-state index in [1.807, 2.05) is 7.05 Å². The van der Waals surface area contributed by atoms with Gasteiger partial charge in [0.15, 0.2) is 0 Å². The number of piperidine rings is 1. The first kappa shape index (κ1) is 13.8. The molecule has 0 radical (unpaired) electrons. The molecule has 104 valence electrons. The fourth-order valence-corrected chi connectivity index (χ4v) is 2.46. The molecule has 19 heavy (non-hydrogen) atoms. The van der Waals surface area contributed by atoms with Crippen LogP contribution in [0.25, 0.3) is 0 Å². The second-order valence-corrected chi connectivity index (χ2v) is 5.34. The zero-order chi connectivity index (χ0) is 13.8. The van der Waals surface area contributed by atoms with Crippen molar-refractivity contribution in [3.05, 3.63) is 23.9 Å². The largest absolute Gasteiger partial charge is 0.478 e. The minimum absolute atomic E-state index is 0.233. The van der Waals surface area contributed by atoms with Gasteiger partial charge in [-0.05, 0) is 51.0 Å². The van der Waals surface area contributed by atoms with Crippen molar-refractivity contribution in [3.8, 4) is 0 Å². The van der Waals surface area contributed by atoms with E-state index in [1.165, 1.54) is 19.0 Å². The molecule has 2 heterocycles. The Morgan fingerprint density at radius 1 is 1.47 bits per heavy atom. The van der Waals surface area contributed by atoms with E-state index < -0.39 is 5.97 Å². The van der Waals surface area contributed by atoms with Crippen molar-refractivity contribution in [1.29, 1.82) is 0 Å². The monoisotopic (exact) mass is 263 g/mol. The molecular weight excluding hydrogens is 242 g/mol. The third-order valence-electron chi connectivity index (χ3n) is 3.76. The second-order valence-electron chi connectivity index (χ2n) is 5.34. The lowest BCUT2D eigenvalue weighted by atomic mass is 9.97. The van der Waals surface area contributed by atoms with E-state index in [2.05, 4.69) is 21.8 Å². The van der Waals surface area contributed by atoms with Gasteiger partial charge in [0.2, 0.25) is 0 Å². The summed E-state index contributed by atoms with van der Waals surface area (Å²) in [7, 11) is 4.17. The van der Waals surface area contributed by atoms with E-state index in [0.717, 1.165) is 25.5 Å². The van der Waals surface area contributed by atoms with Crippen LogP contribution in [0.5, 0.6) is 0 Å². The summed E-state index contributed by atoms with van der Waals surface area (Å²) in [5.74, 6) is 0.600. The van der Waals surface area contributed by atoms with Crippen LogP contribution in [-0.2, 0) is 0 Å². The van der Waals surface area contributed by atoms with Gasteiger partial charge in [-0.15, -0.1) is 0 Å². The fourth-order valence-electron chi connectivity index (χ4n) is 2.46. The van der Waals surface area contributed by atoms with E-state index in [1.54, 1.807) is 12.1 Å². The fraction of sp³-hybridized carbons (Fsp3) is 0.571. The molecule has 0 bridgehead atoms. The summed E-state index contributed by atoms with van der Waals surface area (Å²) in [6.07, 6.45) is 3.85. The lowest BCUT2D eigenvalue weighted by Gasteiger charge is -2.32. The van der Waals surface area contributed by atoms with Crippen LogP contribution >= 0.6 is 0 Å². The predicted octanol–water partition coefficient (Wildman–Crippen LogP) is 1.56. The first-order valence-electron chi connectivity index (χ1n) is 6.65. The van der Waals surface area contributed by atoms with E-state index in [0.29, 0.717) is 5.92 Å². The standard InChI is InChI=1S/C14H21N3O2/c1-16-7-5-11(6-8-16)10-17(2)13-4-3-12(9-15-13)14(18)19/h3-4,9,11H,5-8,10H2,1-2H3,(H,18,19). The first-order valence-corrected chi connectivity index (χ1v) is 6.65. The molecule has 1 aromatic heterocycles. The summed E-state index contributed by atoms with van der Waals surface area (Å²) < 4.78 is 0. The highest BCUT2D eigenvalue weighted by Gasteiger charge is 2.18. The summed E-state index contributed by atoms with van der Waals surface area (Å²) >= 11 is 0. The van der Waals surface area contributed by atoms with Gasteiger partial charge in [0.05, 0.1) is 5.56 Å². The number of nitrogens with zero attached hydrogens (tertiary/aromatic N) is 3. The van der Waals surface area contributed by atoms with Crippen LogP contribution in [0.15, 0.2) is 18.3 Å². The third kappa shape index (κ3) is 3.67. The Labute approximate surface area is 113 Å². The quantitative estimate of drug-likeness (QED) is 0.893. The Bertz CT molecular complexity index is 425. The smallest absolute Gasteiger partial charge is 0.337 e. The van der Waals surface area contributed by atoms with Crippen molar-refractivity contribution in [2.24, 2.45) is 5.92 Å². The van der Waals surface area contributed by atoms with E-state index >= 15 is 0 Å². The van der Waals surface area contributed by atoms with Crippen molar-refractivity contribution in [2.75, 3.05) is 38.6 Å². The average Bonchev–Trinajstić information content (AvgIpc) is 2.41. The van der Waals surface area contributed by atoms with Crippen molar-refractivity contribution < 1.29 is 9.90 Å². The number of aromatic nitrogens is 1. The summed E-state index contributed by atoms with van der Waals surface area (Å²) in [4.78, 5) is 19.5. The highest BCUT2D eigenvalue weighted by atomic mass is 16.4. The molecule has 0 atom stereocenters. The number of carboxylic acids is 1. The molecule has 1 aromatic rings. The maximum atomic E-state index is 10.8. The number of likely N-dealkylation sites (tertiary alicyclic amines) is 1. The molecule has 5 heteroatoms. The van der Waals surface area contributed by atoms with Gasteiger partial charge in [-0.3, -0.25) is 0 Å². The molecular formula is C14H21N3O2. The second kappa shape index (κ2) is 6.02. The highest BCUT2D eigenvalue weighted by molar-refractivity contribution is 5.87. The van der Waals surface area contributed by atoms with Crippen LogP contribution in [-0.4, -0.2) is 54.7 Å². The van der Waals surface area contributed by atoms with Gasteiger partial charge < -0.3 is 14.9 Å². The van der Waals surface area contributed by atoms with E-state index in [4.69, 9.17) is 5.11 Å². The third-order valence-corrected chi connectivity index (χ3v) is 3.76. The van der Waals surface area contributed by atoms with Crippen molar-refractivity contribution in [1.82, 2.24) is 9.88 Å². The number of anilines is 1. The minimum Gasteiger partial charge on any atom is -0.478 e. The molecule has 1 fully saturated rings. The number of hydrogen-bond donors (Lipinski definition) is 1. The molecule has 5 nitrogen and oxygen atoms in total. The van der Waals surface area contributed by atoms with Gasteiger partial charge in [0.25, 0.3) is 0 Å². The number of rotatable bonds is 4. The molecule has 0 saturated carbocycles. The van der Waals surface area contributed by atoms with Crippen LogP contribution in [0.1, 0.15) is 23.2 Å².